The van der Waals surface area contributed by atoms with Crippen LogP contribution < -0.4 is 0 Å². The van der Waals surface area contributed by atoms with Crippen LogP contribution in [-0.2, 0) is 9.84 Å². The van der Waals surface area contributed by atoms with Gasteiger partial charge in [0.1, 0.15) is 16.4 Å². The number of carbonyl (C=O) groups excluding carboxylic acids is 1. The number of hydrogen-bond donors (Lipinski definition) is 0. The van der Waals surface area contributed by atoms with Crippen LogP contribution in [0, 0.1) is 5.82 Å². The van der Waals surface area contributed by atoms with E-state index in [2.05, 4.69) is 4.98 Å². The SMILES string of the molecule is O=Cc1ncccc1S(=O)(=O)c1ccc(F)cc1. The van der Waals surface area contributed by atoms with E-state index in [1.165, 1.54) is 18.3 Å². The molecule has 1 aromatic carbocycles. The van der Waals surface area contributed by atoms with Crippen LogP contribution in [0.15, 0.2) is 52.4 Å². The second-order valence-electron chi connectivity index (χ2n) is 3.46. The fraction of sp³-hybridized carbons (Fsp3) is 0. The Bertz CT molecular complexity index is 681. The van der Waals surface area contributed by atoms with E-state index in [0.29, 0.717) is 6.29 Å². The van der Waals surface area contributed by atoms with E-state index in [4.69, 9.17) is 0 Å². The first kappa shape index (κ1) is 12.4. The van der Waals surface area contributed by atoms with Crippen molar-refractivity contribution < 1.29 is 17.6 Å². The second-order valence-corrected chi connectivity index (χ2v) is 5.38. The van der Waals surface area contributed by atoms with Crippen LogP contribution in [-0.4, -0.2) is 19.7 Å². The molecule has 0 radical (unpaired) electrons. The number of carbonyl (C=O) groups is 1. The van der Waals surface area contributed by atoms with Crippen LogP contribution in [0.5, 0.6) is 0 Å². The summed E-state index contributed by atoms with van der Waals surface area (Å²) in [6.45, 7) is 0. The summed E-state index contributed by atoms with van der Waals surface area (Å²) in [6, 6.07) is 7.09. The molecule has 0 saturated heterocycles. The fourth-order valence-electron chi connectivity index (χ4n) is 1.46. The molecule has 0 bridgehead atoms. The van der Waals surface area contributed by atoms with E-state index in [1.54, 1.807) is 0 Å². The van der Waals surface area contributed by atoms with Gasteiger partial charge in [0.2, 0.25) is 9.84 Å². The summed E-state index contributed by atoms with van der Waals surface area (Å²) in [5, 5.41) is 0. The zero-order valence-electron chi connectivity index (χ0n) is 9.08. The van der Waals surface area contributed by atoms with E-state index >= 15 is 0 Å². The Hall–Kier alpha value is -2.08. The van der Waals surface area contributed by atoms with E-state index in [1.807, 2.05) is 0 Å². The first-order valence-electron chi connectivity index (χ1n) is 4.96. The molecule has 0 aliphatic carbocycles. The number of sulfone groups is 1. The van der Waals surface area contributed by atoms with Crippen molar-refractivity contribution >= 4 is 16.1 Å². The van der Waals surface area contributed by atoms with Gasteiger partial charge >= 0.3 is 0 Å². The number of rotatable bonds is 3. The summed E-state index contributed by atoms with van der Waals surface area (Å²) in [6.07, 6.45) is 1.70. The molecule has 0 N–H and O–H groups in total. The molecular weight excluding hydrogens is 257 g/mol. The molecule has 18 heavy (non-hydrogen) atoms. The average Bonchev–Trinajstić information content (AvgIpc) is 2.39. The monoisotopic (exact) mass is 265 g/mol. The summed E-state index contributed by atoms with van der Waals surface area (Å²) in [5.74, 6) is -0.532. The van der Waals surface area contributed by atoms with Crippen LogP contribution in [0.25, 0.3) is 0 Å². The minimum absolute atomic E-state index is 0.0833. The van der Waals surface area contributed by atoms with Gasteiger partial charge in [0.25, 0.3) is 0 Å². The highest BCUT2D eigenvalue weighted by Gasteiger charge is 2.21. The minimum Gasteiger partial charge on any atom is -0.296 e. The van der Waals surface area contributed by atoms with E-state index in [-0.39, 0.29) is 15.5 Å². The van der Waals surface area contributed by atoms with Crippen LogP contribution in [0.2, 0.25) is 0 Å². The zero-order chi connectivity index (χ0) is 13.2. The Labute approximate surface area is 103 Å². The standard InChI is InChI=1S/C12H8FNO3S/c13-9-3-5-10(6-4-9)18(16,17)12-2-1-7-14-11(12)8-15/h1-8H. The summed E-state index contributed by atoms with van der Waals surface area (Å²) in [5.41, 5.74) is -0.165. The largest absolute Gasteiger partial charge is 0.296 e. The molecule has 2 aromatic rings. The number of pyridine rings is 1. The van der Waals surface area contributed by atoms with Crippen LogP contribution in [0.4, 0.5) is 4.39 Å². The highest BCUT2D eigenvalue weighted by atomic mass is 32.2. The zero-order valence-corrected chi connectivity index (χ0v) is 9.89. The summed E-state index contributed by atoms with van der Waals surface area (Å²) in [4.78, 5) is 14.2. The molecule has 0 fully saturated rings. The van der Waals surface area contributed by atoms with Crippen LogP contribution >= 0.6 is 0 Å². The highest BCUT2D eigenvalue weighted by Crippen LogP contribution is 2.22. The summed E-state index contributed by atoms with van der Waals surface area (Å²) < 4.78 is 37.2. The number of benzene rings is 1. The number of halogens is 1. The number of aldehydes is 1. The molecule has 0 saturated carbocycles. The Balaban J connectivity index is 2.61. The Morgan fingerprint density at radius 1 is 1.11 bits per heavy atom. The third kappa shape index (κ3) is 2.14. The van der Waals surface area contributed by atoms with Crippen LogP contribution in [0.3, 0.4) is 0 Å². The van der Waals surface area contributed by atoms with Crippen molar-refractivity contribution in [3.05, 3.63) is 54.1 Å². The number of aromatic nitrogens is 1. The van der Waals surface area contributed by atoms with Gasteiger partial charge < -0.3 is 0 Å². The van der Waals surface area contributed by atoms with Crippen molar-refractivity contribution in [3.63, 3.8) is 0 Å². The van der Waals surface area contributed by atoms with Crippen molar-refractivity contribution in [2.75, 3.05) is 0 Å². The topological polar surface area (TPSA) is 64.1 Å². The van der Waals surface area contributed by atoms with E-state index in [9.17, 15) is 17.6 Å². The molecule has 0 atom stereocenters. The van der Waals surface area contributed by atoms with Gasteiger partial charge in [0.05, 0.1) is 4.90 Å². The van der Waals surface area contributed by atoms with Gasteiger partial charge in [-0.25, -0.2) is 12.8 Å². The van der Waals surface area contributed by atoms with E-state index in [0.717, 1.165) is 24.3 Å². The molecule has 2 rings (SSSR count). The summed E-state index contributed by atoms with van der Waals surface area (Å²) >= 11 is 0. The maximum Gasteiger partial charge on any atom is 0.208 e. The number of nitrogens with zero attached hydrogens (tertiary/aromatic N) is 1. The molecule has 0 spiro atoms. The smallest absolute Gasteiger partial charge is 0.208 e. The molecular formula is C12H8FNO3S. The lowest BCUT2D eigenvalue weighted by molar-refractivity contribution is 0.111. The van der Waals surface area contributed by atoms with Gasteiger partial charge in [-0.1, -0.05) is 0 Å². The summed E-state index contributed by atoms with van der Waals surface area (Å²) in [7, 11) is -3.86. The lowest BCUT2D eigenvalue weighted by Crippen LogP contribution is -2.06. The van der Waals surface area contributed by atoms with Gasteiger partial charge in [-0.05, 0) is 36.4 Å². The molecule has 1 heterocycles. The molecule has 0 unspecified atom stereocenters. The van der Waals surface area contributed by atoms with Crippen molar-refractivity contribution in [1.29, 1.82) is 0 Å². The molecule has 1 aromatic heterocycles. The predicted molar refractivity (Wildman–Crippen MR) is 61.5 cm³/mol. The third-order valence-corrected chi connectivity index (χ3v) is 4.14. The Morgan fingerprint density at radius 3 is 2.39 bits per heavy atom. The fourth-order valence-corrected chi connectivity index (χ4v) is 2.84. The quantitative estimate of drug-likeness (QED) is 0.627. The van der Waals surface area contributed by atoms with Gasteiger partial charge in [-0.2, -0.15) is 0 Å². The second kappa shape index (κ2) is 4.66. The Kier molecular flexibility index (Phi) is 3.20. The molecule has 0 aliphatic rings. The first-order chi connectivity index (χ1) is 8.55. The molecule has 4 nitrogen and oxygen atoms in total. The predicted octanol–water partition coefficient (Wildman–Crippen LogP) is 1.87. The van der Waals surface area contributed by atoms with Crippen molar-refractivity contribution in [2.45, 2.75) is 9.79 Å². The molecule has 0 aliphatic heterocycles. The molecule has 0 amide bonds. The lowest BCUT2D eigenvalue weighted by Gasteiger charge is -2.05. The lowest BCUT2D eigenvalue weighted by atomic mass is 10.3. The maximum absolute atomic E-state index is 12.8. The maximum atomic E-state index is 12.8. The van der Waals surface area contributed by atoms with Gasteiger partial charge in [-0.15, -0.1) is 0 Å². The molecule has 92 valence electrons. The minimum atomic E-state index is -3.86. The van der Waals surface area contributed by atoms with E-state index < -0.39 is 15.7 Å². The first-order valence-corrected chi connectivity index (χ1v) is 6.45. The average molecular weight is 265 g/mol. The van der Waals surface area contributed by atoms with Crippen molar-refractivity contribution in [3.8, 4) is 0 Å². The van der Waals surface area contributed by atoms with Crippen molar-refractivity contribution in [2.24, 2.45) is 0 Å². The Morgan fingerprint density at radius 2 is 1.78 bits per heavy atom. The molecule has 6 heteroatoms. The number of hydrogen-bond acceptors (Lipinski definition) is 4. The van der Waals surface area contributed by atoms with Crippen LogP contribution in [0.1, 0.15) is 10.5 Å². The van der Waals surface area contributed by atoms with Crippen molar-refractivity contribution in [1.82, 2.24) is 4.98 Å². The van der Waals surface area contributed by atoms with Gasteiger partial charge in [-0.3, -0.25) is 9.78 Å². The normalized spacial score (nSPS) is 11.2. The van der Waals surface area contributed by atoms with Gasteiger partial charge in [0, 0.05) is 6.20 Å². The van der Waals surface area contributed by atoms with Gasteiger partial charge in [0.15, 0.2) is 6.29 Å². The highest BCUT2D eigenvalue weighted by molar-refractivity contribution is 7.91. The third-order valence-electron chi connectivity index (χ3n) is 2.32.